The number of aliphatic hydroxyl groups is 1. The number of amides is 1. The fourth-order valence-corrected chi connectivity index (χ4v) is 3.38. The lowest BCUT2D eigenvalue weighted by Crippen LogP contribution is -2.45. The van der Waals surface area contributed by atoms with Crippen molar-refractivity contribution in [2.45, 2.75) is 19.6 Å². The van der Waals surface area contributed by atoms with Gasteiger partial charge in [-0.05, 0) is 12.5 Å². The van der Waals surface area contributed by atoms with E-state index >= 15 is 0 Å². The summed E-state index contributed by atoms with van der Waals surface area (Å²) in [5.74, 6) is 0.312. The maximum atomic E-state index is 12.3. The summed E-state index contributed by atoms with van der Waals surface area (Å²) >= 11 is 0. The van der Waals surface area contributed by atoms with Crippen LogP contribution in [0.2, 0.25) is 0 Å². The molecule has 3 rings (SSSR count). The fraction of sp³-hybridized carbons (Fsp3) is 0.455. The summed E-state index contributed by atoms with van der Waals surface area (Å²) in [5.41, 5.74) is 1.51. The minimum atomic E-state index is -0.575. The third-order valence-electron chi connectivity index (χ3n) is 4.95. The maximum Gasteiger partial charge on any atom is 0.275 e. The standard InChI is InChI=1S/C22H30N4O3/c1-18(27)15-24(2)22(28)20-17-29-21(23-20)16-26-13-11-25(12-14-26)10-6-9-19-7-4-3-5-8-19/h3-9,17-18,27H,10-16H2,1-2H3/b9-6+/t18-/m1/s1. The number of piperazine rings is 1. The van der Waals surface area contributed by atoms with Gasteiger partial charge in [-0.3, -0.25) is 14.6 Å². The normalized spacial score (nSPS) is 16.9. The zero-order valence-electron chi connectivity index (χ0n) is 17.2. The van der Waals surface area contributed by atoms with E-state index in [4.69, 9.17) is 4.42 Å². The number of benzene rings is 1. The zero-order chi connectivity index (χ0) is 20.6. The number of carbonyl (C=O) groups excluding carboxylic acids is 1. The van der Waals surface area contributed by atoms with Crippen molar-refractivity contribution in [1.82, 2.24) is 19.7 Å². The lowest BCUT2D eigenvalue weighted by molar-refractivity contribution is 0.0698. The molecule has 0 unspecified atom stereocenters. The second kappa shape index (κ2) is 10.3. The van der Waals surface area contributed by atoms with Crippen LogP contribution in [0.3, 0.4) is 0 Å². The van der Waals surface area contributed by atoms with Crippen LogP contribution >= 0.6 is 0 Å². The molecule has 2 aromatic rings. The van der Waals surface area contributed by atoms with Crippen molar-refractivity contribution in [3.63, 3.8) is 0 Å². The Morgan fingerprint density at radius 3 is 2.62 bits per heavy atom. The SMILES string of the molecule is C[C@@H](O)CN(C)C(=O)c1coc(CN2CCN(C/C=C/c3ccccc3)CC2)n1. The Labute approximate surface area is 172 Å². The van der Waals surface area contributed by atoms with Gasteiger partial charge in [0.05, 0.1) is 12.6 Å². The van der Waals surface area contributed by atoms with Gasteiger partial charge in [0.25, 0.3) is 5.91 Å². The van der Waals surface area contributed by atoms with Crippen LogP contribution in [0.4, 0.5) is 0 Å². The topological polar surface area (TPSA) is 73.1 Å². The number of carbonyl (C=O) groups is 1. The minimum Gasteiger partial charge on any atom is -0.447 e. The second-order valence-electron chi connectivity index (χ2n) is 7.55. The van der Waals surface area contributed by atoms with Crippen LogP contribution in [0.1, 0.15) is 28.9 Å². The summed E-state index contributed by atoms with van der Waals surface area (Å²) in [4.78, 5) is 22.8. The molecular formula is C22H30N4O3. The molecule has 1 fully saturated rings. The Morgan fingerprint density at radius 1 is 1.24 bits per heavy atom. The highest BCUT2D eigenvalue weighted by Gasteiger charge is 2.21. The summed E-state index contributed by atoms with van der Waals surface area (Å²) in [7, 11) is 1.65. The highest BCUT2D eigenvalue weighted by atomic mass is 16.3. The summed E-state index contributed by atoms with van der Waals surface area (Å²) in [5, 5.41) is 9.42. The third kappa shape index (κ3) is 6.52. The Hall–Kier alpha value is -2.48. The van der Waals surface area contributed by atoms with E-state index in [1.165, 1.54) is 16.7 Å². The molecule has 1 amide bonds. The van der Waals surface area contributed by atoms with Crippen molar-refractivity contribution in [2.24, 2.45) is 0 Å². The van der Waals surface area contributed by atoms with Gasteiger partial charge in [0.15, 0.2) is 5.69 Å². The van der Waals surface area contributed by atoms with Crippen molar-refractivity contribution in [1.29, 1.82) is 0 Å². The Morgan fingerprint density at radius 2 is 1.93 bits per heavy atom. The number of hydrogen-bond donors (Lipinski definition) is 1. The number of hydrogen-bond acceptors (Lipinski definition) is 6. The van der Waals surface area contributed by atoms with E-state index in [1.54, 1.807) is 14.0 Å². The predicted octanol–water partition coefficient (Wildman–Crippen LogP) is 1.96. The monoisotopic (exact) mass is 398 g/mol. The van der Waals surface area contributed by atoms with E-state index in [0.717, 1.165) is 32.7 Å². The first-order valence-electron chi connectivity index (χ1n) is 10.1. The quantitative estimate of drug-likeness (QED) is 0.733. The average Bonchev–Trinajstić information content (AvgIpc) is 3.17. The van der Waals surface area contributed by atoms with E-state index in [0.29, 0.717) is 12.4 Å². The van der Waals surface area contributed by atoms with Gasteiger partial charge in [-0.1, -0.05) is 42.5 Å². The van der Waals surface area contributed by atoms with Gasteiger partial charge in [-0.2, -0.15) is 0 Å². The van der Waals surface area contributed by atoms with Crippen molar-refractivity contribution < 1.29 is 14.3 Å². The first-order valence-corrected chi connectivity index (χ1v) is 10.1. The molecule has 1 N–H and O–H groups in total. The second-order valence-corrected chi connectivity index (χ2v) is 7.55. The Bertz CT molecular complexity index is 795. The predicted molar refractivity (Wildman–Crippen MR) is 112 cm³/mol. The molecule has 1 aromatic heterocycles. The van der Waals surface area contributed by atoms with Crippen molar-refractivity contribution in [3.05, 3.63) is 59.8 Å². The molecule has 7 nitrogen and oxygen atoms in total. The number of oxazole rings is 1. The van der Waals surface area contributed by atoms with Crippen LogP contribution in [-0.2, 0) is 6.54 Å². The smallest absolute Gasteiger partial charge is 0.275 e. The molecule has 1 aliphatic heterocycles. The van der Waals surface area contributed by atoms with Gasteiger partial charge in [0.1, 0.15) is 6.26 Å². The van der Waals surface area contributed by atoms with Gasteiger partial charge >= 0.3 is 0 Å². The molecule has 1 atom stereocenters. The van der Waals surface area contributed by atoms with Crippen LogP contribution < -0.4 is 0 Å². The van der Waals surface area contributed by atoms with Gasteiger partial charge in [0.2, 0.25) is 5.89 Å². The molecule has 0 radical (unpaired) electrons. The van der Waals surface area contributed by atoms with Crippen LogP contribution in [0.15, 0.2) is 47.1 Å². The maximum absolute atomic E-state index is 12.3. The zero-order valence-corrected chi connectivity index (χ0v) is 17.2. The summed E-state index contributed by atoms with van der Waals surface area (Å²) in [6.45, 7) is 7.30. The van der Waals surface area contributed by atoms with Crippen molar-refractivity contribution >= 4 is 12.0 Å². The highest BCUT2D eigenvalue weighted by Crippen LogP contribution is 2.11. The minimum absolute atomic E-state index is 0.240. The van der Waals surface area contributed by atoms with Crippen LogP contribution in [0, 0.1) is 0 Å². The molecule has 7 heteroatoms. The van der Waals surface area contributed by atoms with Crippen LogP contribution in [0.25, 0.3) is 6.08 Å². The fourth-order valence-electron chi connectivity index (χ4n) is 3.38. The molecule has 0 aliphatic carbocycles. The van der Waals surface area contributed by atoms with Crippen molar-refractivity contribution in [3.8, 4) is 0 Å². The molecule has 29 heavy (non-hydrogen) atoms. The summed E-state index contributed by atoms with van der Waals surface area (Å²) < 4.78 is 5.50. The first-order chi connectivity index (χ1) is 14.0. The number of likely N-dealkylation sites (N-methyl/N-ethyl adjacent to an activating group) is 1. The number of aliphatic hydroxyl groups excluding tert-OH is 1. The van der Waals surface area contributed by atoms with E-state index in [2.05, 4.69) is 39.1 Å². The molecule has 0 bridgehead atoms. The number of nitrogens with zero attached hydrogens (tertiary/aromatic N) is 4. The summed E-state index contributed by atoms with van der Waals surface area (Å²) in [6.07, 6.45) is 5.20. The van der Waals surface area contributed by atoms with Gasteiger partial charge in [0, 0.05) is 46.3 Å². The first kappa shape index (κ1) is 21.2. The van der Waals surface area contributed by atoms with Crippen LogP contribution in [0.5, 0.6) is 0 Å². The Kier molecular flexibility index (Phi) is 7.57. The van der Waals surface area contributed by atoms with Gasteiger partial charge < -0.3 is 14.4 Å². The largest absolute Gasteiger partial charge is 0.447 e. The molecule has 1 aliphatic rings. The number of aromatic nitrogens is 1. The summed E-state index contributed by atoms with van der Waals surface area (Å²) in [6, 6.07) is 10.3. The lowest BCUT2D eigenvalue weighted by atomic mass is 10.2. The van der Waals surface area contributed by atoms with E-state index in [-0.39, 0.29) is 18.1 Å². The number of rotatable bonds is 8. The molecule has 156 valence electrons. The van der Waals surface area contributed by atoms with E-state index < -0.39 is 6.10 Å². The molecule has 1 saturated heterocycles. The molecule has 0 saturated carbocycles. The van der Waals surface area contributed by atoms with Gasteiger partial charge in [-0.25, -0.2) is 4.98 Å². The van der Waals surface area contributed by atoms with E-state index in [9.17, 15) is 9.90 Å². The average molecular weight is 399 g/mol. The molecular weight excluding hydrogens is 368 g/mol. The van der Waals surface area contributed by atoms with Gasteiger partial charge in [-0.15, -0.1) is 0 Å². The molecule has 0 spiro atoms. The Balaban J connectivity index is 1.42. The van der Waals surface area contributed by atoms with Crippen LogP contribution in [-0.4, -0.2) is 83.1 Å². The molecule has 1 aromatic carbocycles. The highest BCUT2D eigenvalue weighted by molar-refractivity contribution is 5.91. The molecule has 2 heterocycles. The van der Waals surface area contributed by atoms with E-state index in [1.807, 2.05) is 18.2 Å². The third-order valence-corrected chi connectivity index (χ3v) is 4.95. The van der Waals surface area contributed by atoms with Crippen molar-refractivity contribution in [2.75, 3.05) is 46.3 Å². The lowest BCUT2D eigenvalue weighted by Gasteiger charge is -2.33.